The first-order valence-electron chi connectivity index (χ1n) is 9.28. The van der Waals surface area contributed by atoms with Crippen LogP contribution in [-0.4, -0.2) is 25.7 Å². The van der Waals surface area contributed by atoms with E-state index in [0.29, 0.717) is 12.6 Å². The minimum atomic E-state index is 0.0200. The molecule has 0 amide bonds. The lowest BCUT2D eigenvalue weighted by atomic mass is 10.1. The van der Waals surface area contributed by atoms with E-state index < -0.39 is 0 Å². The van der Waals surface area contributed by atoms with Crippen molar-refractivity contribution in [2.45, 2.75) is 52.7 Å². The van der Waals surface area contributed by atoms with Crippen LogP contribution in [0.25, 0.3) is 10.9 Å². The first-order valence-corrected chi connectivity index (χ1v) is 9.28. The molecule has 0 radical (unpaired) electrons. The maximum Gasteiger partial charge on any atom is 0.252 e. The fraction of sp³-hybridized carbons (Fsp3) is 0.429. The Morgan fingerprint density at radius 3 is 2.62 bits per heavy atom. The van der Waals surface area contributed by atoms with Gasteiger partial charge in [-0.3, -0.25) is 14.4 Å². The quantitative estimate of drug-likeness (QED) is 0.768. The van der Waals surface area contributed by atoms with Crippen LogP contribution in [0, 0.1) is 20.8 Å². The molecule has 1 aromatic carbocycles. The van der Waals surface area contributed by atoms with Crippen LogP contribution in [0.15, 0.2) is 29.1 Å². The zero-order valence-electron chi connectivity index (χ0n) is 16.0. The van der Waals surface area contributed by atoms with Gasteiger partial charge in [0.25, 0.3) is 5.56 Å². The Kier molecular flexibility index (Phi) is 4.19. The summed E-state index contributed by atoms with van der Waals surface area (Å²) in [6.07, 6.45) is 2.42. The summed E-state index contributed by atoms with van der Waals surface area (Å²) in [5.41, 5.74) is 6.54. The van der Waals surface area contributed by atoms with Gasteiger partial charge in [0.1, 0.15) is 0 Å². The molecule has 1 aliphatic rings. The number of aromatic amines is 1. The number of aromatic nitrogens is 3. The van der Waals surface area contributed by atoms with Crippen LogP contribution < -0.4 is 5.56 Å². The maximum atomic E-state index is 12.6. The summed E-state index contributed by atoms with van der Waals surface area (Å²) in [6.45, 7) is 7.79. The highest BCUT2D eigenvalue weighted by atomic mass is 16.1. The highest BCUT2D eigenvalue weighted by Crippen LogP contribution is 2.31. The van der Waals surface area contributed by atoms with Crippen molar-refractivity contribution in [3.8, 4) is 0 Å². The van der Waals surface area contributed by atoms with Gasteiger partial charge in [0.2, 0.25) is 0 Å². The van der Waals surface area contributed by atoms with Crippen molar-refractivity contribution in [3.63, 3.8) is 0 Å². The summed E-state index contributed by atoms with van der Waals surface area (Å²) in [4.78, 5) is 18.1. The van der Waals surface area contributed by atoms with Crippen LogP contribution in [0.2, 0.25) is 0 Å². The van der Waals surface area contributed by atoms with Crippen molar-refractivity contribution in [1.82, 2.24) is 19.7 Å². The molecule has 0 spiro atoms. The molecule has 26 heavy (non-hydrogen) atoms. The molecular weight excluding hydrogens is 324 g/mol. The van der Waals surface area contributed by atoms with E-state index in [4.69, 9.17) is 0 Å². The Morgan fingerprint density at radius 1 is 1.19 bits per heavy atom. The number of hydrogen-bond acceptors (Lipinski definition) is 3. The van der Waals surface area contributed by atoms with Crippen molar-refractivity contribution >= 4 is 10.9 Å². The van der Waals surface area contributed by atoms with E-state index in [0.717, 1.165) is 28.7 Å². The number of hydrogen-bond donors (Lipinski definition) is 1. The van der Waals surface area contributed by atoms with E-state index in [2.05, 4.69) is 47.9 Å². The monoisotopic (exact) mass is 350 g/mol. The largest absolute Gasteiger partial charge is 0.322 e. The molecular formula is C21H26N4O. The second-order valence-electron chi connectivity index (χ2n) is 7.62. The Hall–Kier alpha value is -2.40. The second-order valence-corrected chi connectivity index (χ2v) is 7.62. The SMILES string of the molecule is Cc1ccc2[nH]c(=O)c(CN(Cc3c(C)nn(C)c3C)C3CC3)cc2c1. The average molecular weight is 350 g/mol. The lowest BCUT2D eigenvalue weighted by Gasteiger charge is -2.22. The highest BCUT2D eigenvalue weighted by Gasteiger charge is 2.30. The fourth-order valence-electron chi connectivity index (χ4n) is 3.71. The third kappa shape index (κ3) is 3.19. The van der Waals surface area contributed by atoms with Crippen LogP contribution in [0.1, 0.15) is 40.9 Å². The lowest BCUT2D eigenvalue weighted by Crippen LogP contribution is -2.29. The van der Waals surface area contributed by atoms with Gasteiger partial charge in [-0.2, -0.15) is 5.10 Å². The van der Waals surface area contributed by atoms with Gasteiger partial charge in [-0.1, -0.05) is 11.6 Å². The van der Waals surface area contributed by atoms with Gasteiger partial charge in [-0.25, -0.2) is 0 Å². The molecule has 3 aromatic rings. The molecule has 2 heterocycles. The molecule has 5 nitrogen and oxygen atoms in total. The topological polar surface area (TPSA) is 53.9 Å². The Morgan fingerprint density at radius 2 is 1.96 bits per heavy atom. The van der Waals surface area contributed by atoms with Gasteiger partial charge < -0.3 is 4.98 Å². The number of aryl methyl sites for hydroxylation is 3. The Balaban J connectivity index is 1.66. The molecule has 1 saturated carbocycles. The smallest absolute Gasteiger partial charge is 0.252 e. The number of benzene rings is 1. The van der Waals surface area contributed by atoms with E-state index in [1.807, 2.05) is 23.9 Å². The van der Waals surface area contributed by atoms with Crippen LogP contribution >= 0.6 is 0 Å². The van der Waals surface area contributed by atoms with Crippen LogP contribution in [0.3, 0.4) is 0 Å². The summed E-state index contributed by atoms with van der Waals surface area (Å²) in [7, 11) is 1.99. The fourth-order valence-corrected chi connectivity index (χ4v) is 3.71. The lowest BCUT2D eigenvalue weighted by molar-refractivity contribution is 0.244. The number of pyridine rings is 1. The van der Waals surface area contributed by atoms with E-state index in [1.165, 1.54) is 29.7 Å². The second kappa shape index (κ2) is 6.40. The Bertz CT molecular complexity index is 1030. The number of H-pyrrole nitrogens is 1. The standard InChI is InChI=1S/C21H26N4O/c1-13-5-8-20-16(9-13)10-17(21(26)22-20)11-25(18-6-7-18)12-19-14(2)23-24(4)15(19)3/h5,8-10,18H,6-7,11-12H2,1-4H3,(H,22,26). The van der Waals surface area contributed by atoms with Crippen LogP contribution in [0.5, 0.6) is 0 Å². The van der Waals surface area contributed by atoms with Crippen molar-refractivity contribution in [2.75, 3.05) is 0 Å². The third-order valence-corrected chi connectivity index (χ3v) is 5.53. The molecule has 1 aliphatic carbocycles. The Labute approximate surface area is 153 Å². The van der Waals surface area contributed by atoms with E-state index >= 15 is 0 Å². The molecule has 136 valence electrons. The molecule has 0 aliphatic heterocycles. The minimum Gasteiger partial charge on any atom is -0.322 e. The maximum absolute atomic E-state index is 12.6. The molecule has 0 saturated heterocycles. The molecule has 0 bridgehead atoms. The minimum absolute atomic E-state index is 0.0200. The first kappa shape index (κ1) is 17.0. The summed E-state index contributed by atoms with van der Waals surface area (Å²) in [5, 5.41) is 5.64. The van der Waals surface area contributed by atoms with E-state index in [9.17, 15) is 4.79 Å². The van der Waals surface area contributed by atoms with Gasteiger partial charge in [0, 0.05) is 48.5 Å². The van der Waals surface area contributed by atoms with E-state index in [-0.39, 0.29) is 5.56 Å². The number of nitrogens with one attached hydrogen (secondary N) is 1. The van der Waals surface area contributed by atoms with Gasteiger partial charge in [-0.05, 0) is 57.2 Å². The van der Waals surface area contributed by atoms with Crippen molar-refractivity contribution in [3.05, 3.63) is 62.7 Å². The average Bonchev–Trinajstić information content (AvgIpc) is 3.40. The molecule has 1 N–H and O–H groups in total. The predicted molar refractivity (Wildman–Crippen MR) is 104 cm³/mol. The normalized spacial score (nSPS) is 14.5. The molecule has 0 unspecified atom stereocenters. The molecule has 2 aromatic heterocycles. The van der Waals surface area contributed by atoms with Gasteiger partial charge >= 0.3 is 0 Å². The summed E-state index contributed by atoms with van der Waals surface area (Å²) in [5.74, 6) is 0. The predicted octanol–water partition coefficient (Wildman–Crippen LogP) is 3.35. The highest BCUT2D eigenvalue weighted by molar-refractivity contribution is 5.79. The van der Waals surface area contributed by atoms with Crippen LogP contribution in [0.4, 0.5) is 0 Å². The van der Waals surface area contributed by atoms with E-state index in [1.54, 1.807) is 0 Å². The summed E-state index contributed by atoms with van der Waals surface area (Å²) < 4.78 is 1.95. The number of fused-ring (bicyclic) bond motifs is 1. The van der Waals surface area contributed by atoms with Gasteiger partial charge in [0.05, 0.1) is 5.69 Å². The zero-order chi connectivity index (χ0) is 18.4. The van der Waals surface area contributed by atoms with Crippen molar-refractivity contribution in [1.29, 1.82) is 0 Å². The third-order valence-electron chi connectivity index (χ3n) is 5.53. The summed E-state index contributed by atoms with van der Waals surface area (Å²) >= 11 is 0. The van der Waals surface area contributed by atoms with Gasteiger partial charge in [0.15, 0.2) is 0 Å². The molecule has 5 heteroatoms. The zero-order valence-corrected chi connectivity index (χ0v) is 16.0. The first-order chi connectivity index (χ1) is 12.4. The number of rotatable bonds is 5. The van der Waals surface area contributed by atoms with Gasteiger partial charge in [-0.15, -0.1) is 0 Å². The van der Waals surface area contributed by atoms with Crippen molar-refractivity contribution in [2.24, 2.45) is 7.05 Å². The molecule has 1 fully saturated rings. The summed E-state index contributed by atoms with van der Waals surface area (Å²) in [6, 6.07) is 8.77. The molecule has 4 rings (SSSR count). The molecule has 0 atom stereocenters. The van der Waals surface area contributed by atoms with Crippen molar-refractivity contribution < 1.29 is 0 Å². The van der Waals surface area contributed by atoms with Crippen LogP contribution in [-0.2, 0) is 20.1 Å². The number of nitrogens with zero attached hydrogens (tertiary/aromatic N) is 3.